The number of nitrogens with one attached hydrogen (secondary N) is 1. The topological polar surface area (TPSA) is 35.6 Å². The summed E-state index contributed by atoms with van der Waals surface area (Å²) in [6.07, 6.45) is 0. The molecule has 6 heteroatoms. The lowest BCUT2D eigenvalue weighted by Gasteiger charge is -2.29. The van der Waals surface area contributed by atoms with Crippen molar-refractivity contribution in [1.82, 2.24) is 15.1 Å². The van der Waals surface area contributed by atoms with Gasteiger partial charge in [0, 0.05) is 37.2 Å². The van der Waals surface area contributed by atoms with Gasteiger partial charge in [0.05, 0.1) is 6.54 Å². The van der Waals surface area contributed by atoms with Gasteiger partial charge in [-0.1, -0.05) is 28.1 Å². The number of carbonyl (C=O) groups excluding carboxylic acids is 1. The van der Waals surface area contributed by atoms with E-state index in [9.17, 15) is 4.79 Å². The Labute approximate surface area is 135 Å². The summed E-state index contributed by atoms with van der Waals surface area (Å²) < 4.78 is 1.08. The van der Waals surface area contributed by atoms with E-state index in [1.54, 1.807) is 0 Å². The Bertz CT molecular complexity index is 438. The minimum Gasteiger partial charge on any atom is -0.339 e. The molecule has 1 aliphatic rings. The molecule has 20 heavy (non-hydrogen) atoms. The predicted octanol–water partition coefficient (Wildman–Crippen LogP) is 1.73. The van der Waals surface area contributed by atoms with Crippen molar-refractivity contribution < 1.29 is 4.79 Å². The highest BCUT2D eigenvalue weighted by atomic mass is 79.9. The standard InChI is InChI=1S/C14H20BrN3O.ClH/c1-17(10-12-3-2-4-13(15)9-12)11-14(19)18-7-5-16-6-8-18;/h2-4,9,16H,5-8,10-11H2,1H3;1H. The van der Waals surface area contributed by atoms with E-state index in [0.717, 1.165) is 37.2 Å². The smallest absolute Gasteiger partial charge is 0.236 e. The monoisotopic (exact) mass is 361 g/mol. The Balaban J connectivity index is 0.00000200. The quantitative estimate of drug-likeness (QED) is 0.886. The van der Waals surface area contributed by atoms with Crippen LogP contribution in [0.3, 0.4) is 0 Å². The van der Waals surface area contributed by atoms with Crippen molar-refractivity contribution in [3.8, 4) is 0 Å². The number of amides is 1. The first-order valence-corrected chi connectivity index (χ1v) is 7.36. The molecule has 1 saturated heterocycles. The number of hydrogen-bond acceptors (Lipinski definition) is 3. The zero-order valence-corrected chi connectivity index (χ0v) is 14.0. The van der Waals surface area contributed by atoms with Crippen LogP contribution in [-0.2, 0) is 11.3 Å². The summed E-state index contributed by atoms with van der Waals surface area (Å²) in [5.74, 6) is 0.221. The zero-order valence-electron chi connectivity index (χ0n) is 11.6. The third-order valence-corrected chi connectivity index (χ3v) is 3.71. The van der Waals surface area contributed by atoms with E-state index in [1.165, 1.54) is 5.56 Å². The summed E-state index contributed by atoms with van der Waals surface area (Å²) in [5, 5.41) is 3.26. The average molecular weight is 363 g/mol. The number of benzene rings is 1. The van der Waals surface area contributed by atoms with Gasteiger partial charge in [0.15, 0.2) is 0 Å². The molecule has 0 aromatic heterocycles. The maximum absolute atomic E-state index is 12.1. The summed E-state index contributed by atoms with van der Waals surface area (Å²) in [7, 11) is 1.99. The maximum atomic E-state index is 12.1. The molecule has 0 unspecified atom stereocenters. The summed E-state index contributed by atoms with van der Waals surface area (Å²) in [5.41, 5.74) is 1.21. The average Bonchev–Trinajstić information content (AvgIpc) is 2.39. The third-order valence-electron chi connectivity index (χ3n) is 3.22. The van der Waals surface area contributed by atoms with E-state index in [4.69, 9.17) is 0 Å². The Morgan fingerprint density at radius 3 is 2.75 bits per heavy atom. The van der Waals surface area contributed by atoms with Crippen LogP contribution in [0.15, 0.2) is 28.7 Å². The Morgan fingerprint density at radius 2 is 2.10 bits per heavy atom. The molecule has 0 radical (unpaired) electrons. The normalized spacial score (nSPS) is 15.1. The zero-order chi connectivity index (χ0) is 13.7. The molecule has 1 aliphatic heterocycles. The largest absolute Gasteiger partial charge is 0.339 e. The summed E-state index contributed by atoms with van der Waals surface area (Å²) >= 11 is 3.46. The van der Waals surface area contributed by atoms with Crippen LogP contribution in [-0.4, -0.2) is 55.5 Å². The van der Waals surface area contributed by atoms with Crippen molar-refractivity contribution in [1.29, 1.82) is 0 Å². The fourth-order valence-corrected chi connectivity index (χ4v) is 2.69. The number of piperazine rings is 1. The van der Waals surface area contributed by atoms with Crippen molar-refractivity contribution in [2.75, 3.05) is 39.8 Å². The number of likely N-dealkylation sites (N-methyl/N-ethyl adjacent to an activating group) is 1. The lowest BCUT2D eigenvalue weighted by molar-refractivity contribution is -0.132. The SMILES string of the molecule is CN(CC(=O)N1CCNCC1)Cc1cccc(Br)c1.Cl. The highest BCUT2D eigenvalue weighted by Crippen LogP contribution is 2.13. The fraction of sp³-hybridized carbons (Fsp3) is 0.500. The van der Waals surface area contributed by atoms with Gasteiger partial charge in [0.25, 0.3) is 0 Å². The van der Waals surface area contributed by atoms with Crippen molar-refractivity contribution in [3.05, 3.63) is 34.3 Å². The lowest BCUT2D eigenvalue weighted by Crippen LogP contribution is -2.49. The molecule has 4 nitrogen and oxygen atoms in total. The van der Waals surface area contributed by atoms with Gasteiger partial charge in [-0.3, -0.25) is 9.69 Å². The third kappa shape index (κ3) is 5.40. The molecule has 1 aromatic carbocycles. The maximum Gasteiger partial charge on any atom is 0.236 e. The van der Waals surface area contributed by atoms with Gasteiger partial charge in [-0.2, -0.15) is 0 Å². The fourth-order valence-electron chi connectivity index (χ4n) is 2.25. The van der Waals surface area contributed by atoms with Gasteiger partial charge in [-0.25, -0.2) is 0 Å². The van der Waals surface area contributed by atoms with Gasteiger partial charge in [0.2, 0.25) is 5.91 Å². The molecule has 1 aromatic rings. The van der Waals surface area contributed by atoms with Crippen LogP contribution in [0.2, 0.25) is 0 Å². The highest BCUT2D eigenvalue weighted by molar-refractivity contribution is 9.10. The Hall–Kier alpha value is -0.620. The molecule has 0 spiro atoms. The number of carbonyl (C=O) groups is 1. The van der Waals surface area contributed by atoms with Gasteiger partial charge < -0.3 is 10.2 Å². The Morgan fingerprint density at radius 1 is 1.40 bits per heavy atom. The molecule has 0 aliphatic carbocycles. The predicted molar refractivity (Wildman–Crippen MR) is 87.2 cm³/mol. The van der Waals surface area contributed by atoms with Gasteiger partial charge in [-0.15, -0.1) is 12.4 Å². The molecule has 1 heterocycles. The second-order valence-corrected chi connectivity index (χ2v) is 5.85. The summed E-state index contributed by atoms with van der Waals surface area (Å²) in [4.78, 5) is 16.1. The van der Waals surface area contributed by atoms with E-state index in [-0.39, 0.29) is 18.3 Å². The van der Waals surface area contributed by atoms with Crippen LogP contribution >= 0.6 is 28.3 Å². The van der Waals surface area contributed by atoms with E-state index in [1.807, 2.05) is 24.1 Å². The molecule has 1 fully saturated rings. The van der Waals surface area contributed by atoms with Crippen molar-refractivity contribution >= 4 is 34.2 Å². The molecule has 0 atom stereocenters. The molecular formula is C14H21BrClN3O. The minimum atomic E-state index is 0. The van der Waals surface area contributed by atoms with Gasteiger partial charge >= 0.3 is 0 Å². The van der Waals surface area contributed by atoms with Crippen LogP contribution in [0.4, 0.5) is 0 Å². The van der Waals surface area contributed by atoms with Gasteiger partial charge in [-0.05, 0) is 24.7 Å². The number of nitrogens with zero attached hydrogens (tertiary/aromatic N) is 2. The van der Waals surface area contributed by atoms with E-state index < -0.39 is 0 Å². The lowest BCUT2D eigenvalue weighted by atomic mass is 10.2. The van der Waals surface area contributed by atoms with Crippen LogP contribution in [0.25, 0.3) is 0 Å². The van der Waals surface area contributed by atoms with Crippen molar-refractivity contribution in [3.63, 3.8) is 0 Å². The second kappa shape index (κ2) is 8.62. The van der Waals surface area contributed by atoms with Gasteiger partial charge in [0.1, 0.15) is 0 Å². The number of halogens is 2. The molecule has 112 valence electrons. The number of rotatable bonds is 4. The summed E-state index contributed by atoms with van der Waals surface area (Å²) in [6, 6.07) is 8.20. The van der Waals surface area contributed by atoms with E-state index in [0.29, 0.717) is 6.54 Å². The first kappa shape index (κ1) is 17.4. The number of hydrogen-bond donors (Lipinski definition) is 1. The first-order chi connectivity index (χ1) is 9.15. The highest BCUT2D eigenvalue weighted by Gasteiger charge is 2.17. The van der Waals surface area contributed by atoms with Crippen LogP contribution < -0.4 is 5.32 Å². The summed E-state index contributed by atoms with van der Waals surface area (Å²) in [6.45, 7) is 4.72. The molecule has 1 N–H and O–H groups in total. The van der Waals surface area contributed by atoms with Crippen molar-refractivity contribution in [2.45, 2.75) is 6.54 Å². The van der Waals surface area contributed by atoms with Crippen LogP contribution in [0.1, 0.15) is 5.56 Å². The van der Waals surface area contributed by atoms with Crippen molar-refractivity contribution in [2.24, 2.45) is 0 Å². The molecular weight excluding hydrogens is 342 g/mol. The van der Waals surface area contributed by atoms with Crippen LogP contribution in [0, 0.1) is 0 Å². The van der Waals surface area contributed by atoms with E-state index >= 15 is 0 Å². The molecule has 0 bridgehead atoms. The first-order valence-electron chi connectivity index (χ1n) is 6.56. The molecule has 1 amide bonds. The second-order valence-electron chi connectivity index (χ2n) is 4.93. The van der Waals surface area contributed by atoms with E-state index in [2.05, 4.69) is 38.3 Å². The van der Waals surface area contributed by atoms with Crippen LogP contribution in [0.5, 0.6) is 0 Å². The Kier molecular flexibility index (Phi) is 7.51. The minimum absolute atomic E-state index is 0. The molecule has 0 saturated carbocycles. The molecule has 2 rings (SSSR count).